The second-order valence-electron chi connectivity index (χ2n) is 4.71. The first-order valence-corrected chi connectivity index (χ1v) is 5.27. The molecule has 0 spiro atoms. The van der Waals surface area contributed by atoms with Crippen molar-refractivity contribution in [2.75, 3.05) is 0 Å². The Bertz CT molecular complexity index is 466. The topological polar surface area (TPSA) is 59.3 Å². The molecule has 1 heterocycles. The first-order valence-electron chi connectivity index (χ1n) is 5.27. The summed E-state index contributed by atoms with van der Waals surface area (Å²) in [6, 6.07) is 3.09. The van der Waals surface area contributed by atoms with Crippen LogP contribution in [0.15, 0.2) is 16.9 Å². The monoisotopic (exact) mass is 223 g/mol. The number of carboxylic acid groups (broad SMARTS) is 1. The van der Waals surface area contributed by atoms with Gasteiger partial charge in [0, 0.05) is 11.2 Å². The number of carbonyl (C=O) groups is 1. The third-order valence-electron chi connectivity index (χ3n) is 2.43. The molecule has 4 nitrogen and oxygen atoms in total. The average Bonchev–Trinajstić information content (AvgIpc) is 2.14. The highest BCUT2D eigenvalue weighted by Gasteiger charge is 2.21. The van der Waals surface area contributed by atoms with Gasteiger partial charge in [-0.15, -0.1) is 0 Å². The summed E-state index contributed by atoms with van der Waals surface area (Å²) >= 11 is 0. The summed E-state index contributed by atoms with van der Waals surface area (Å²) in [5, 5.41) is 8.91. The molecule has 1 aromatic rings. The van der Waals surface area contributed by atoms with E-state index in [0.717, 1.165) is 5.69 Å². The third kappa shape index (κ3) is 2.15. The van der Waals surface area contributed by atoms with Gasteiger partial charge in [-0.1, -0.05) is 6.92 Å². The number of aromatic nitrogens is 1. The predicted molar refractivity (Wildman–Crippen MR) is 62.0 cm³/mol. The smallest absolute Gasteiger partial charge is 0.341 e. The fourth-order valence-corrected chi connectivity index (χ4v) is 1.75. The van der Waals surface area contributed by atoms with Crippen LogP contribution in [-0.4, -0.2) is 15.6 Å². The largest absolute Gasteiger partial charge is 0.477 e. The van der Waals surface area contributed by atoms with E-state index in [-0.39, 0.29) is 5.56 Å². The molecule has 0 aliphatic heterocycles. The van der Waals surface area contributed by atoms with Gasteiger partial charge < -0.3 is 9.67 Å². The van der Waals surface area contributed by atoms with E-state index in [2.05, 4.69) is 0 Å². The van der Waals surface area contributed by atoms with Gasteiger partial charge in [0.15, 0.2) is 0 Å². The summed E-state index contributed by atoms with van der Waals surface area (Å²) in [5.41, 5.74) is -0.164. The Balaban J connectivity index is 3.61. The van der Waals surface area contributed by atoms with Gasteiger partial charge in [-0.05, 0) is 39.3 Å². The average molecular weight is 223 g/mol. The van der Waals surface area contributed by atoms with Crippen molar-refractivity contribution < 1.29 is 9.90 Å². The molecule has 0 radical (unpaired) electrons. The molecule has 0 aliphatic rings. The molecule has 1 aromatic heterocycles. The van der Waals surface area contributed by atoms with Gasteiger partial charge in [-0.2, -0.15) is 0 Å². The van der Waals surface area contributed by atoms with Gasteiger partial charge in [0.2, 0.25) is 0 Å². The summed E-state index contributed by atoms with van der Waals surface area (Å²) < 4.78 is 1.55. The molecule has 1 N–H and O–H groups in total. The quantitative estimate of drug-likeness (QED) is 0.832. The molecule has 4 heteroatoms. The van der Waals surface area contributed by atoms with Gasteiger partial charge >= 0.3 is 5.97 Å². The van der Waals surface area contributed by atoms with E-state index >= 15 is 0 Å². The molecule has 1 rings (SSSR count). The molecule has 16 heavy (non-hydrogen) atoms. The van der Waals surface area contributed by atoms with Gasteiger partial charge in [0.1, 0.15) is 5.56 Å². The summed E-state index contributed by atoms with van der Waals surface area (Å²) in [4.78, 5) is 22.9. The maximum Gasteiger partial charge on any atom is 0.341 e. The summed E-state index contributed by atoms with van der Waals surface area (Å²) in [6.07, 6.45) is 0.701. The molecule has 0 unspecified atom stereocenters. The van der Waals surface area contributed by atoms with E-state index in [1.807, 2.05) is 27.7 Å². The Labute approximate surface area is 94.5 Å². The van der Waals surface area contributed by atoms with Crippen LogP contribution in [-0.2, 0) is 12.0 Å². The van der Waals surface area contributed by atoms with Crippen LogP contribution in [0.3, 0.4) is 0 Å². The minimum Gasteiger partial charge on any atom is -0.477 e. The lowest BCUT2D eigenvalue weighted by Gasteiger charge is -2.26. The molecule has 0 atom stereocenters. The van der Waals surface area contributed by atoms with Crippen LogP contribution >= 0.6 is 0 Å². The van der Waals surface area contributed by atoms with Crippen molar-refractivity contribution in [3.63, 3.8) is 0 Å². The number of hydrogen-bond acceptors (Lipinski definition) is 2. The minimum absolute atomic E-state index is 0.174. The van der Waals surface area contributed by atoms with E-state index in [1.54, 1.807) is 10.6 Å². The van der Waals surface area contributed by atoms with Crippen LogP contribution in [0.5, 0.6) is 0 Å². The molecule has 0 bridgehead atoms. The fraction of sp³-hybridized carbons (Fsp3) is 0.500. The molecule has 0 saturated carbocycles. The summed E-state index contributed by atoms with van der Waals surface area (Å²) in [6.45, 7) is 7.61. The zero-order valence-electron chi connectivity index (χ0n) is 10.1. The van der Waals surface area contributed by atoms with Crippen molar-refractivity contribution in [2.24, 2.45) is 0 Å². The van der Waals surface area contributed by atoms with Crippen molar-refractivity contribution in [1.29, 1.82) is 0 Å². The predicted octanol–water partition coefficient (Wildman–Crippen LogP) is 1.86. The van der Waals surface area contributed by atoms with E-state index in [9.17, 15) is 9.59 Å². The maximum absolute atomic E-state index is 12.0. The maximum atomic E-state index is 12.0. The number of hydrogen-bond donors (Lipinski definition) is 1. The van der Waals surface area contributed by atoms with Crippen molar-refractivity contribution >= 4 is 5.97 Å². The lowest BCUT2D eigenvalue weighted by Crippen LogP contribution is -2.38. The molecular formula is C12H17NO3. The Morgan fingerprint density at radius 1 is 1.38 bits per heavy atom. The van der Waals surface area contributed by atoms with E-state index < -0.39 is 17.1 Å². The van der Waals surface area contributed by atoms with Gasteiger partial charge in [0.05, 0.1) is 0 Å². The van der Waals surface area contributed by atoms with Crippen LogP contribution in [0.4, 0.5) is 0 Å². The first kappa shape index (κ1) is 12.5. The second kappa shape index (κ2) is 4.12. The van der Waals surface area contributed by atoms with Crippen LogP contribution in [0, 0.1) is 0 Å². The third-order valence-corrected chi connectivity index (χ3v) is 2.43. The van der Waals surface area contributed by atoms with Gasteiger partial charge in [-0.25, -0.2) is 4.79 Å². The summed E-state index contributed by atoms with van der Waals surface area (Å²) in [5.74, 6) is -1.18. The SMILES string of the molecule is CCc1ccc(C(=O)O)c(=O)n1C(C)(C)C. The van der Waals surface area contributed by atoms with Crippen LogP contribution in [0.25, 0.3) is 0 Å². The normalized spacial score (nSPS) is 11.5. The number of carboxylic acids is 1. The fourth-order valence-electron chi connectivity index (χ4n) is 1.75. The highest BCUT2D eigenvalue weighted by molar-refractivity contribution is 5.87. The molecule has 0 fully saturated rings. The highest BCUT2D eigenvalue weighted by atomic mass is 16.4. The minimum atomic E-state index is -1.18. The molecule has 0 amide bonds. The number of pyridine rings is 1. The highest BCUT2D eigenvalue weighted by Crippen LogP contribution is 2.15. The zero-order valence-corrected chi connectivity index (χ0v) is 10.1. The van der Waals surface area contributed by atoms with Gasteiger partial charge in [0.25, 0.3) is 5.56 Å². The van der Waals surface area contributed by atoms with Crippen molar-refractivity contribution in [3.05, 3.63) is 33.7 Å². The molecule has 0 saturated heterocycles. The Morgan fingerprint density at radius 3 is 2.31 bits per heavy atom. The molecule has 88 valence electrons. The Hall–Kier alpha value is -1.58. The van der Waals surface area contributed by atoms with Crippen molar-refractivity contribution in [3.8, 4) is 0 Å². The molecule has 0 aromatic carbocycles. The number of nitrogens with zero attached hydrogens (tertiary/aromatic N) is 1. The van der Waals surface area contributed by atoms with Crippen LogP contribution in [0.1, 0.15) is 43.7 Å². The lowest BCUT2D eigenvalue weighted by molar-refractivity contribution is 0.0693. The van der Waals surface area contributed by atoms with E-state index in [0.29, 0.717) is 6.42 Å². The van der Waals surface area contributed by atoms with E-state index in [1.165, 1.54) is 6.07 Å². The number of rotatable bonds is 2. The van der Waals surface area contributed by atoms with Gasteiger partial charge in [-0.3, -0.25) is 4.79 Å². The number of aromatic carboxylic acids is 1. The zero-order chi connectivity index (χ0) is 12.5. The second-order valence-corrected chi connectivity index (χ2v) is 4.71. The van der Waals surface area contributed by atoms with Crippen molar-refractivity contribution in [1.82, 2.24) is 4.57 Å². The lowest BCUT2D eigenvalue weighted by atomic mass is 10.1. The molecular weight excluding hydrogens is 206 g/mol. The Morgan fingerprint density at radius 2 is 1.94 bits per heavy atom. The molecule has 0 aliphatic carbocycles. The first-order chi connectivity index (χ1) is 7.29. The Kier molecular flexibility index (Phi) is 3.21. The van der Waals surface area contributed by atoms with Crippen LogP contribution < -0.4 is 5.56 Å². The standard InChI is InChI=1S/C12H17NO3/c1-5-8-6-7-9(11(15)16)10(14)13(8)12(2,3)4/h6-7H,5H2,1-4H3,(H,15,16). The van der Waals surface area contributed by atoms with Crippen molar-refractivity contribution in [2.45, 2.75) is 39.7 Å². The van der Waals surface area contributed by atoms with Crippen LogP contribution in [0.2, 0.25) is 0 Å². The number of aryl methyl sites for hydroxylation is 1. The summed E-state index contributed by atoms with van der Waals surface area (Å²) in [7, 11) is 0. The van der Waals surface area contributed by atoms with E-state index in [4.69, 9.17) is 5.11 Å².